The van der Waals surface area contributed by atoms with Gasteiger partial charge in [-0.05, 0) is 48.9 Å². The molecule has 8 heteroatoms. The number of aromatic amines is 1. The Balaban J connectivity index is 1.53. The summed E-state index contributed by atoms with van der Waals surface area (Å²) >= 11 is 0. The van der Waals surface area contributed by atoms with Crippen LogP contribution in [0.3, 0.4) is 0 Å². The van der Waals surface area contributed by atoms with E-state index in [2.05, 4.69) is 4.98 Å². The molecule has 0 saturated carbocycles. The molecule has 0 bridgehead atoms. The van der Waals surface area contributed by atoms with Gasteiger partial charge in [0.15, 0.2) is 9.84 Å². The first-order valence-electron chi connectivity index (χ1n) is 8.71. The van der Waals surface area contributed by atoms with Crippen molar-refractivity contribution in [3.63, 3.8) is 0 Å². The Kier molecular flexibility index (Phi) is 5.69. The van der Waals surface area contributed by atoms with Crippen LogP contribution >= 0.6 is 0 Å². The summed E-state index contributed by atoms with van der Waals surface area (Å²) in [5.74, 6) is -0.0822. The molecule has 1 N–H and O–H groups in total. The van der Waals surface area contributed by atoms with Crippen LogP contribution in [0.2, 0.25) is 0 Å². The molecule has 148 valence electrons. The molecule has 3 aromatic rings. The number of aromatic nitrogens is 1. The maximum absolute atomic E-state index is 13.3. The zero-order valence-electron chi connectivity index (χ0n) is 15.6. The lowest BCUT2D eigenvalue weighted by Gasteiger charge is -2.16. The Labute approximate surface area is 162 Å². The van der Waals surface area contributed by atoms with Gasteiger partial charge >= 0.3 is 0 Å². The van der Waals surface area contributed by atoms with Crippen LogP contribution in [0.15, 0.2) is 53.4 Å². The molecule has 0 aliphatic rings. The summed E-state index contributed by atoms with van der Waals surface area (Å²) in [6, 6.07) is 12.3. The minimum Gasteiger partial charge on any atom is -0.493 e. The van der Waals surface area contributed by atoms with Crippen LogP contribution in [0, 0.1) is 5.82 Å². The van der Waals surface area contributed by atoms with Crippen molar-refractivity contribution in [2.75, 3.05) is 26.5 Å². The predicted molar refractivity (Wildman–Crippen MR) is 105 cm³/mol. The van der Waals surface area contributed by atoms with Gasteiger partial charge in [-0.2, -0.15) is 0 Å². The van der Waals surface area contributed by atoms with Crippen molar-refractivity contribution in [3.8, 4) is 5.75 Å². The third-order valence-corrected chi connectivity index (χ3v) is 5.41. The smallest absolute Gasteiger partial charge is 0.270 e. The standard InChI is InChI=1S/C20H21FN2O4S/c1-23(20(24)19-12-14-11-15(21)7-8-18(14)22-19)9-4-10-27-16-5-3-6-17(13-16)28(2,25)26/h3,5-8,11-13,22H,4,9-10H2,1-2H3. The van der Waals surface area contributed by atoms with E-state index in [1.165, 1.54) is 24.3 Å². The summed E-state index contributed by atoms with van der Waals surface area (Å²) in [4.78, 5) is 17.3. The number of nitrogens with zero attached hydrogens (tertiary/aromatic N) is 1. The molecule has 2 aromatic carbocycles. The number of fused-ring (bicyclic) bond motifs is 1. The average molecular weight is 404 g/mol. The Morgan fingerprint density at radius 1 is 1.18 bits per heavy atom. The molecule has 6 nitrogen and oxygen atoms in total. The Morgan fingerprint density at radius 2 is 1.96 bits per heavy atom. The number of nitrogens with one attached hydrogen (secondary N) is 1. The lowest BCUT2D eigenvalue weighted by atomic mass is 10.2. The van der Waals surface area contributed by atoms with Gasteiger partial charge in [0.1, 0.15) is 17.3 Å². The molecule has 3 rings (SSSR count). The summed E-state index contributed by atoms with van der Waals surface area (Å²) in [6.45, 7) is 0.789. The van der Waals surface area contributed by atoms with Crippen LogP contribution in [0.25, 0.3) is 10.9 Å². The lowest BCUT2D eigenvalue weighted by Crippen LogP contribution is -2.28. The zero-order valence-corrected chi connectivity index (χ0v) is 16.4. The minimum atomic E-state index is -3.28. The highest BCUT2D eigenvalue weighted by Gasteiger charge is 2.14. The van der Waals surface area contributed by atoms with Gasteiger partial charge in [0, 0.05) is 30.8 Å². The van der Waals surface area contributed by atoms with Crippen molar-refractivity contribution in [2.45, 2.75) is 11.3 Å². The summed E-state index contributed by atoms with van der Waals surface area (Å²) in [5.41, 5.74) is 1.09. The van der Waals surface area contributed by atoms with Crippen molar-refractivity contribution in [1.29, 1.82) is 0 Å². The monoisotopic (exact) mass is 404 g/mol. The third-order valence-electron chi connectivity index (χ3n) is 4.30. The van der Waals surface area contributed by atoms with E-state index in [1.807, 2.05) is 0 Å². The van der Waals surface area contributed by atoms with Crippen LogP contribution in [0.1, 0.15) is 16.9 Å². The lowest BCUT2D eigenvalue weighted by molar-refractivity contribution is 0.0783. The highest BCUT2D eigenvalue weighted by molar-refractivity contribution is 7.90. The number of sulfone groups is 1. The van der Waals surface area contributed by atoms with E-state index in [-0.39, 0.29) is 16.6 Å². The third kappa shape index (κ3) is 4.69. The van der Waals surface area contributed by atoms with E-state index in [4.69, 9.17) is 4.74 Å². The van der Waals surface area contributed by atoms with Crippen molar-refractivity contribution in [1.82, 2.24) is 9.88 Å². The molecule has 0 saturated heterocycles. The maximum atomic E-state index is 13.3. The number of H-pyrrole nitrogens is 1. The number of ether oxygens (including phenoxy) is 1. The largest absolute Gasteiger partial charge is 0.493 e. The van der Waals surface area contributed by atoms with Crippen LogP contribution in [-0.4, -0.2) is 50.7 Å². The summed E-state index contributed by atoms with van der Waals surface area (Å²) < 4.78 is 42.0. The molecule has 0 unspecified atom stereocenters. The normalized spacial score (nSPS) is 11.5. The highest BCUT2D eigenvalue weighted by Crippen LogP contribution is 2.19. The number of rotatable bonds is 7. The van der Waals surface area contributed by atoms with Gasteiger partial charge in [0.2, 0.25) is 0 Å². The first-order valence-corrected chi connectivity index (χ1v) is 10.6. The fourth-order valence-electron chi connectivity index (χ4n) is 2.81. The van der Waals surface area contributed by atoms with Gasteiger partial charge in [-0.3, -0.25) is 4.79 Å². The molecule has 0 spiro atoms. The van der Waals surface area contributed by atoms with E-state index in [0.29, 0.717) is 41.9 Å². The average Bonchev–Trinajstić information content (AvgIpc) is 3.07. The number of benzene rings is 2. The zero-order chi connectivity index (χ0) is 20.3. The first-order chi connectivity index (χ1) is 13.2. The predicted octanol–water partition coefficient (Wildman–Crippen LogP) is 3.25. The summed E-state index contributed by atoms with van der Waals surface area (Å²) in [7, 11) is -1.61. The van der Waals surface area contributed by atoms with Gasteiger partial charge in [0.25, 0.3) is 5.91 Å². The second-order valence-electron chi connectivity index (χ2n) is 6.59. The van der Waals surface area contributed by atoms with Crippen molar-refractivity contribution >= 4 is 26.6 Å². The van der Waals surface area contributed by atoms with Crippen molar-refractivity contribution in [2.24, 2.45) is 0 Å². The second kappa shape index (κ2) is 8.02. The SMILES string of the molecule is CN(CCCOc1cccc(S(C)(=O)=O)c1)C(=O)c1cc2cc(F)ccc2[nH]1. The van der Waals surface area contributed by atoms with Gasteiger partial charge in [0.05, 0.1) is 11.5 Å². The molecule has 1 heterocycles. The topological polar surface area (TPSA) is 79.5 Å². The maximum Gasteiger partial charge on any atom is 0.270 e. The van der Waals surface area contributed by atoms with E-state index in [0.717, 1.165) is 6.26 Å². The molecule has 1 aromatic heterocycles. The fourth-order valence-corrected chi connectivity index (χ4v) is 3.47. The molecule has 0 fully saturated rings. The summed E-state index contributed by atoms with van der Waals surface area (Å²) in [6.07, 6.45) is 1.71. The molecule has 0 aliphatic carbocycles. The van der Waals surface area contributed by atoms with Gasteiger partial charge in [-0.25, -0.2) is 12.8 Å². The summed E-state index contributed by atoms with van der Waals surface area (Å²) in [5, 5.41) is 0.644. The second-order valence-corrected chi connectivity index (χ2v) is 8.61. The molecule has 0 radical (unpaired) electrons. The molecule has 1 amide bonds. The number of halogens is 1. The molecular formula is C20H21FN2O4S. The number of hydrogen-bond acceptors (Lipinski definition) is 4. The van der Waals surface area contributed by atoms with Crippen LogP contribution in [0.4, 0.5) is 4.39 Å². The molecular weight excluding hydrogens is 383 g/mol. The van der Waals surface area contributed by atoms with Crippen LogP contribution in [-0.2, 0) is 9.84 Å². The van der Waals surface area contributed by atoms with Gasteiger partial charge in [-0.1, -0.05) is 6.07 Å². The van der Waals surface area contributed by atoms with Crippen LogP contribution < -0.4 is 4.74 Å². The van der Waals surface area contributed by atoms with E-state index >= 15 is 0 Å². The first kappa shape index (κ1) is 19.9. The molecule has 0 aliphatic heterocycles. The number of carbonyl (C=O) groups excluding carboxylic acids is 1. The van der Waals surface area contributed by atoms with Gasteiger partial charge in [-0.15, -0.1) is 0 Å². The van der Waals surface area contributed by atoms with E-state index < -0.39 is 9.84 Å². The number of hydrogen-bond donors (Lipinski definition) is 1. The number of amides is 1. The van der Waals surface area contributed by atoms with Crippen LogP contribution in [0.5, 0.6) is 5.75 Å². The molecule has 0 atom stereocenters. The van der Waals surface area contributed by atoms with E-state index in [9.17, 15) is 17.6 Å². The minimum absolute atomic E-state index is 0.198. The highest BCUT2D eigenvalue weighted by atomic mass is 32.2. The molecule has 28 heavy (non-hydrogen) atoms. The quantitative estimate of drug-likeness (QED) is 0.613. The van der Waals surface area contributed by atoms with E-state index in [1.54, 1.807) is 36.2 Å². The fraction of sp³-hybridized carbons (Fsp3) is 0.250. The Bertz CT molecular complexity index is 1110. The van der Waals surface area contributed by atoms with Crippen molar-refractivity contribution < 1.29 is 22.3 Å². The Hall–Kier alpha value is -2.87. The Morgan fingerprint density at radius 3 is 2.71 bits per heavy atom. The van der Waals surface area contributed by atoms with Gasteiger partial charge < -0.3 is 14.6 Å². The number of carbonyl (C=O) groups is 1. The van der Waals surface area contributed by atoms with Crippen molar-refractivity contribution in [3.05, 3.63) is 60.0 Å².